The monoisotopic (exact) mass is 332 g/mol. The predicted octanol–water partition coefficient (Wildman–Crippen LogP) is 2.92. The van der Waals surface area contributed by atoms with Gasteiger partial charge >= 0.3 is 0 Å². The summed E-state index contributed by atoms with van der Waals surface area (Å²) in [6.45, 7) is 5.39. The molecule has 2 heterocycles. The molecule has 24 heavy (non-hydrogen) atoms. The molecule has 2 aliphatic heterocycles. The number of benzene rings is 1. The van der Waals surface area contributed by atoms with Gasteiger partial charge in [0.05, 0.1) is 0 Å². The van der Waals surface area contributed by atoms with Gasteiger partial charge in [-0.05, 0) is 50.9 Å². The molecule has 0 saturated carbocycles. The van der Waals surface area contributed by atoms with E-state index in [2.05, 4.69) is 10.2 Å². The summed E-state index contributed by atoms with van der Waals surface area (Å²) in [5, 5.41) is 3.01. The molecular weight excluding hydrogens is 304 g/mol. The maximum Gasteiger partial charge on any atom is 0.227 e. The molecule has 0 spiro atoms. The van der Waals surface area contributed by atoms with Crippen molar-refractivity contribution < 1.29 is 14.3 Å². The van der Waals surface area contributed by atoms with E-state index in [9.17, 15) is 4.79 Å². The second-order valence-corrected chi connectivity index (χ2v) is 6.65. The summed E-state index contributed by atoms with van der Waals surface area (Å²) in [5.41, 5.74) is 0.807. The van der Waals surface area contributed by atoms with Gasteiger partial charge in [0.15, 0.2) is 0 Å². The maximum atomic E-state index is 12.3. The zero-order valence-electron chi connectivity index (χ0n) is 14.3. The van der Waals surface area contributed by atoms with Crippen LogP contribution < -0.4 is 10.1 Å². The van der Waals surface area contributed by atoms with Crippen molar-refractivity contribution in [2.75, 3.05) is 44.8 Å². The molecule has 1 N–H and O–H groups in total. The minimum atomic E-state index is 0.0578. The van der Waals surface area contributed by atoms with Gasteiger partial charge in [-0.15, -0.1) is 0 Å². The average Bonchev–Trinajstić information content (AvgIpc) is 2.64. The van der Waals surface area contributed by atoms with Crippen LogP contribution in [0, 0.1) is 5.92 Å². The normalized spacial score (nSPS) is 19.8. The van der Waals surface area contributed by atoms with Crippen LogP contribution in [0.25, 0.3) is 0 Å². The maximum absolute atomic E-state index is 12.3. The minimum Gasteiger partial charge on any atom is -0.492 e. The van der Waals surface area contributed by atoms with Gasteiger partial charge in [0.25, 0.3) is 0 Å². The summed E-state index contributed by atoms with van der Waals surface area (Å²) < 4.78 is 11.2. The first-order valence-corrected chi connectivity index (χ1v) is 9.15. The first kappa shape index (κ1) is 17.2. The molecular formula is C19H28N2O3. The average molecular weight is 332 g/mol. The summed E-state index contributed by atoms with van der Waals surface area (Å²) in [6.07, 6.45) is 5.56. The number of amides is 1. The lowest BCUT2D eigenvalue weighted by Crippen LogP contribution is -2.33. The van der Waals surface area contributed by atoms with E-state index in [4.69, 9.17) is 9.47 Å². The van der Waals surface area contributed by atoms with Crippen LogP contribution >= 0.6 is 0 Å². The number of anilines is 1. The van der Waals surface area contributed by atoms with Crippen molar-refractivity contribution in [3.8, 4) is 5.75 Å². The molecule has 2 saturated heterocycles. The zero-order valence-corrected chi connectivity index (χ0v) is 14.3. The Labute approximate surface area is 144 Å². The first-order chi connectivity index (χ1) is 11.8. The summed E-state index contributed by atoms with van der Waals surface area (Å²) in [4.78, 5) is 14.7. The van der Waals surface area contributed by atoms with Crippen LogP contribution in [-0.2, 0) is 9.53 Å². The van der Waals surface area contributed by atoms with E-state index >= 15 is 0 Å². The van der Waals surface area contributed by atoms with Crippen molar-refractivity contribution >= 4 is 11.6 Å². The molecule has 132 valence electrons. The van der Waals surface area contributed by atoms with E-state index in [1.165, 1.54) is 32.4 Å². The highest BCUT2D eigenvalue weighted by molar-refractivity contribution is 5.92. The molecule has 2 aliphatic rings. The fourth-order valence-electron chi connectivity index (χ4n) is 3.34. The number of likely N-dealkylation sites (tertiary alicyclic amines) is 1. The Balaban J connectivity index is 1.45. The standard InChI is InChI=1S/C19H28N2O3/c22-19(16-7-12-23-13-8-16)20-17-5-4-6-18(15-17)24-14-11-21-9-2-1-3-10-21/h4-6,15-16H,1-3,7-14H2,(H,20,22). The molecule has 0 aromatic heterocycles. The lowest BCUT2D eigenvalue weighted by atomic mass is 9.99. The molecule has 0 radical (unpaired) electrons. The molecule has 1 aromatic carbocycles. The predicted molar refractivity (Wildman–Crippen MR) is 94.4 cm³/mol. The third-order valence-corrected chi connectivity index (χ3v) is 4.82. The van der Waals surface area contributed by atoms with Crippen LogP contribution in [0.4, 0.5) is 5.69 Å². The smallest absolute Gasteiger partial charge is 0.227 e. The molecule has 1 aromatic rings. The number of carbonyl (C=O) groups excluding carboxylic acids is 1. The molecule has 1 amide bonds. The van der Waals surface area contributed by atoms with Gasteiger partial charge in [-0.2, -0.15) is 0 Å². The van der Waals surface area contributed by atoms with Crippen LogP contribution in [0.2, 0.25) is 0 Å². The molecule has 0 unspecified atom stereocenters. The number of piperidine rings is 1. The third-order valence-electron chi connectivity index (χ3n) is 4.82. The van der Waals surface area contributed by atoms with E-state index in [0.717, 1.165) is 30.8 Å². The van der Waals surface area contributed by atoms with E-state index in [-0.39, 0.29) is 11.8 Å². The summed E-state index contributed by atoms with van der Waals surface area (Å²) in [7, 11) is 0. The quantitative estimate of drug-likeness (QED) is 0.870. The highest BCUT2D eigenvalue weighted by Gasteiger charge is 2.21. The number of ether oxygens (including phenoxy) is 2. The van der Waals surface area contributed by atoms with E-state index in [1.807, 2.05) is 24.3 Å². The Bertz CT molecular complexity index is 523. The number of nitrogens with one attached hydrogen (secondary N) is 1. The molecule has 5 heteroatoms. The largest absolute Gasteiger partial charge is 0.492 e. The van der Waals surface area contributed by atoms with Gasteiger partial charge in [0.2, 0.25) is 5.91 Å². The van der Waals surface area contributed by atoms with Crippen LogP contribution in [0.5, 0.6) is 5.75 Å². The molecule has 3 rings (SSSR count). The van der Waals surface area contributed by atoms with Crippen LogP contribution in [0.1, 0.15) is 32.1 Å². The van der Waals surface area contributed by atoms with Crippen LogP contribution in [0.3, 0.4) is 0 Å². The Hall–Kier alpha value is -1.59. The Kier molecular flexibility index (Phi) is 6.49. The fraction of sp³-hybridized carbons (Fsp3) is 0.632. The second kappa shape index (κ2) is 9.04. The molecule has 0 atom stereocenters. The van der Waals surface area contributed by atoms with Gasteiger partial charge < -0.3 is 14.8 Å². The summed E-state index contributed by atoms with van der Waals surface area (Å²) in [5.74, 6) is 0.961. The molecule has 2 fully saturated rings. The van der Waals surface area contributed by atoms with Crippen molar-refractivity contribution in [2.45, 2.75) is 32.1 Å². The van der Waals surface area contributed by atoms with Crippen molar-refractivity contribution in [3.63, 3.8) is 0 Å². The second-order valence-electron chi connectivity index (χ2n) is 6.65. The van der Waals surface area contributed by atoms with Gasteiger partial charge in [-0.3, -0.25) is 9.69 Å². The van der Waals surface area contributed by atoms with Crippen molar-refractivity contribution in [3.05, 3.63) is 24.3 Å². The van der Waals surface area contributed by atoms with E-state index < -0.39 is 0 Å². The van der Waals surface area contributed by atoms with Gasteiger partial charge in [0.1, 0.15) is 12.4 Å². The Morgan fingerprint density at radius 3 is 2.79 bits per heavy atom. The van der Waals surface area contributed by atoms with Crippen molar-refractivity contribution in [2.24, 2.45) is 5.92 Å². The lowest BCUT2D eigenvalue weighted by Gasteiger charge is -2.26. The van der Waals surface area contributed by atoms with Gasteiger partial charge in [0, 0.05) is 37.4 Å². The summed E-state index contributed by atoms with van der Waals surface area (Å²) >= 11 is 0. The van der Waals surface area contributed by atoms with Crippen LogP contribution in [0.15, 0.2) is 24.3 Å². The Morgan fingerprint density at radius 2 is 2.00 bits per heavy atom. The molecule has 0 bridgehead atoms. The van der Waals surface area contributed by atoms with Crippen molar-refractivity contribution in [1.82, 2.24) is 4.90 Å². The number of nitrogens with zero attached hydrogens (tertiary/aromatic N) is 1. The SMILES string of the molecule is O=C(Nc1cccc(OCCN2CCCCC2)c1)C1CCOCC1. The lowest BCUT2D eigenvalue weighted by molar-refractivity contribution is -0.122. The van der Waals surface area contributed by atoms with E-state index in [1.54, 1.807) is 0 Å². The zero-order chi connectivity index (χ0) is 16.6. The highest BCUT2D eigenvalue weighted by Crippen LogP contribution is 2.21. The fourth-order valence-corrected chi connectivity index (χ4v) is 3.34. The highest BCUT2D eigenvalue weighted by atomic mass is 16.5. The van der Waals surface area contributed by atoms with E-state index in [0.29, 0.717) is 19.8 Å². The first-order valence-electron chi connectivity index (χ1n) is 9.15. The topological polar surface area (TPSA) is 50.8 Å². The third kappa shape index (κ3) is 5.21. The number of rotatable bonds is 6. The molecule has 0 aliphatic carbocycles. The van der Waals surface area contributed by atoms with Gasteiger partial charge in [-0.25, -0.2) is 0 Å². The van der Waals surface area contributed by atoms with Crippen molar-refractivity contribution in [1.29, 1.82) is 0 Å². The van der Waals surface area contributed by atoms with Gasteiger partial charge in [-0.1, -0.05) is 12.5 Å². The Morgan fingerprint density at radius 1 is 1.21 bits per heavy atom. The summed E-state index contributed by atoms with van der Waals surface area (Å²) in [6, 6.07) is 7.69. The van der Waals surface area contributed by atoms with Crippen LogP contribution in [-0.4, -0.2) is 50.3 Å². The minimum absolute atomic E-state index is 0.0578. The number of hydrogen-bond donors (Lipinski definition) is 1. The number of carbonyl (C=O) groups is 1. The number of hydrogen-bond acceptors (Lipinski definition) is 4. The molecule has 5 nitrogen and oxygen atoms in total.